The van der Waals surface area contributed by atoms with Gasteiger partial charge in [-0.1, -0.05) is 0 Å². The van der Waals surface area contributed by atoms with Gasteiger partial charge >= 0.3 is 0 Å². The molecular weight excluding hydrogens is 269 g/mol. The second kappa shape index (κ2) is 5.36. The third-order valence-electron chi connectivity index (χ3n) is 1.81. The highest BCUT2D eigenvalue weighted by atomic mass is 79.9. The van der Waals surface area contributed by atoms with Crippen LogP contribution in [-0.2, 0) is 11.3 Å². The fourth-order valence-corrected chi connectivity index (χ4v) is 1.47. The predicted molar refractivity (Wildman–Crippen MR) is 58.3 cm³/mol. The molecule has 1 aromatic rings. The standard InChI is InChI=1S/C8H11BrClN3O/c1-12(8(14)4-10)2-3-13-6-7(9)5-11-13/h5-6H,2-4H2,1H3. The summed E-state index contributed by atoms with van der Waals surface area (Å²) in [6, 6.07) is 0. The third-order valence-corrected chi connectivity index (χ3v) is 2.44. The summed E-state index contributed by atoms with van der Waals surface area (Å²) in [6.45, 7) is 1.28. The summed E-state index contributed by atoms with van der Waals surface area (Å²) in [7, 11) is 1.73. The molecule has 0 aliphatic heterocycles. The molecule has 0 saturated carbocycles. The zero-order chi connectivity index (χ0) is 10.6. The van der Waals surface area contributed by atoms with E-state index in [1.807, 2.05) is 6.20 Å². The Hall–Kier alpha value is -0.550. The second-order valence-electron chi connectivity index (χ2n) is 2.87. The molecule has 0 saturated heterocycles. The van der Waals surface area contributed by atoms with E-state index in [4.69, 9.17) is 11.6 Å². The van der Waals surface area contributed by atoms with Crippen molar-refractivity contribution in [3.8, 4) is 0 Å². The van der Waals surface area contributed by atoms with Crippen LogP contribution in [0.5, 0.6) is 0 Å². The van der Waals surface area contributed by atoms with E-state index in [0.717, 1.165) is 4.47 Å². The highest BCUT2D eigenvalue weighted by Crippen LogP contribution is 2.05. The van der Waals surface area contributed by atoms with Crippen LogP contribution in [-0.4, -0.2) is 40.1 Å². The Morgan fingerprint density at radius 2 is 2.50 bits per heavy atom. The van der Waals surface area contributed by atoms with E-state index in [1.54, 1.807) is 22.8 Å². The zero-order valence-electron chi connectivity index (χ0n) is 7.78. The molecule has 0 atom stereocenters. The van der Waals surface area contributed by atoms with Gasteiger partial charge in [-0.25, -0.2) is 0 Å². The number of likely N-dealkylation sites (N-methyl/N-ethyl adjacent to an activating group) is 1. The minimum atomic E-state index is -0.0714. The van der Waals surface area contributed by atoms with Crippen molar-refractivity contribution in [2.45, 2.75) is 6.54 Å². The van der Waals surface area contributed by atoms with Crippen LogP contribution in [0.25, 0.3) is 0 Å². The number of carbonyl (C=O) groups excluding carboxylic acids is 1. The summed E-state index contributed by atoms with van der Waals surface area (Å²) < 4.78 is 2.70. The van der Waals surface area contributed by atoms with Crippen molar-refractivity contribution >= 4 is 33.4 Å². The molecule has 1 heterocycles. The summed E-state index contributed by atoms with van der Waals surface area (Å²) in [5.41, 5.74) is 0. The van der Waals surface area contributed by atoms with Crippen molar-refractivity contribution < 1.29 is 4.79 Å². The van der Waals surface area contributed by atoms with Crippen LogP contribution >= 0.6 is 27.5 Å². The minimum absolute atomic E-state index is 0.0271. The third kappa shape index (κ3) is 3.31. The Morgan fingerprint density at radius 1 is 1.79 bits per heavy atom. The lowest BCUT2D eigenvalue weighted by molar-refractivity contribution is -0.127. The highest BCUT2D eigenvalue weighted by Gasteiger charge is 2.06. The molecule has 0 aliphatic rings. The molecule has 0 unspecified atom stereocenters. The molecule has 0 radical (unpaired) electrons. The molecule has 1 aromatic heterocycles. The fourth-order valence-electron chi connectivity index (χ4n) is 0.940. The number of amides is 1. The molecule has 14 heavy (non-hydrogen) atoms. The fraction of sp³-hybridized carbons (Fsp3) is 0.500. The second-order valence-corrected chi connectivity index (χ2v) is 4.05. The summed E-state index contributed by atoms with van der Waals surface area (Å²) in [5, 5.41) is 4.07. The van der Waals surface area contributed by atoms with Gasteiger partial charge in [0.15, 0.2) is 0 Å². The summed E-state index contributed by atoms with van der Waals surface area (Å²) in [6.07, 6.45) is 3.57. The first kappa shape index (κ1) is 11.5. The SMILES string of the molecule is CN(CCn1cc(Br)cn1)C(=O)CCl. The zero-order valence-corrected chi connectivity index (χ0v) is 10.1. The maximum absolute atomic E-state index is 11.1. The van der Waals surface area contributed by atoms with Crippen LogP contribution in [0.1, 0.15) is 0 Å². The molecule has 1 rings (SSSR count). The van der Waals surface area contributed by atoms with Gasteiger partial charge in [0.1, 0.15) is 5.88 Å². The maximum Gasteiger partial charge on any atom is 0.237 e. The Balaban J connectivity index is 2.37. The summed E-state index contributed by atoms with van der Waals surface area (Å²) in [5.74, 6) is -0.0443. The molecule has 0 fully saturated rings. The molecule has 4 nitrogen and oxygen atoms in total. The topological polar surface area (TPSA) is 38.1 Å². The van der Waals surface area contributed by atoms with Crippen LogP contribution in [0.15, 0.2) is 16.9 Å². The van der Waals surface area contributed by atoms with E-state index in [2.05, 4.69) is 21.0 Å². The number of aromatic nitrogens is 2. The Morgan fingerprint density at radius 3 is 3.00 bits per heavy atom. The molecule has 0 spiro atoms. The van der Waals surface area contributed by atoms with Gasteiger partial charge in [-0.3, -0.25) is 9.48 Å². The number of hydrogen-bond acceptors (Lipinski definition) is 2. The largest absolute Gasteiger partial charge is 0.343 e. The first-order valence-corrected chi connectivity index (χ1v) is 5.44. The van der Waals surface area contributed by atoms with Gasteiger partial charge in [-0.15, -0.1) is 11.6 Å². The average molecular weight is 281 g/mol. The van der Waals surface area contributed by atoms with Crippen LogP contribution in [0.2, 0.25) is 0 Å². The lowest BCUT2D eigenvalue weighted by Gasteiger charge is -2.15. The molecule has 78 valence electrons. The van der Waals surface area contributed by atoms with Crippen molar-refractivity contribution in [1.82, 2.24) is 14.7 Å². The van der Waals surface area contributed by atoms with Crippen LogP contribution < -0.4 is 0 Å². The van der Waals surface area contributed by atoms with Crippen molar-refractivity contribution in [2.24, 2.45) is 0 Å². The maximum atomic E-state index is 11.1. The van der Waals surface area contributed by atoms with Crippen molar-refractivity contribution in [1.29, 1.82) is 0 Å². The van der Waals surface area contributed by atoms with E-state index >= 15 is 0 Å². The molecular formula is C8H11BrClN3O. The van der Waals surface area contributed by atoms with Gasteiger partial charge < -0.3 is 4.90 Å². The normalized spacial score (nSPS) is 10.2. The van der Waals surface area contributed by atoms with E-state index in [0.29, 0.717) is 13.1 Å². The lowest BCUT2D eigenvalue weighted by Crippen LogP contribution is -2.30. The molecule has 0 aliphatic carbocycles. The van der Waals surface area contributed by atoms with Crippen LogP contribution in [0, 0.1) is 0 Å². The first-order chi connectivity index (χ1) is 6.63. The van der Waals surface area contributed by atoms with Crippen LogP contribution in [0.4, 0.5) is 0 Å². The van der Waals surface area contributed by atoms with E-state index in [9.17, 15) is 4.79 Å². The van der Waals surface area contributed by atoms with E-state index in [-0.39, 0.29) is 11.8 Å². The number of hydrogen-bond donors (Lipinski definition) is 0. The minimum Gasteiger partial charge on any atom is -0.343 e. The van der Waals surface area contributed by atoms with Crippen molar-refractivity contribution in [3.05, 3.63) is 16.9 Å². The molecule has 0 bridgehead atoms. The number of nitrogens with zero attached hydrogens (tertiary/aromatic N) is 3. The van der Waals surface area contributed by atoms with E-state index in [1.165, 1.54) is 0 Å². The smallest absolute Gasteiger partial charge is 0.237 e. The quantitative estimate of drug-likeness (QED) is 0.781. The average Bonchev–Trinajstić information content (AvgIpc) is 2.59. The molecule has 1 amide bonds. The van der Waals surface area contributed by atoms with Crippen LogP contribution in [0.3, 0.4) is 0 Å². The molecule has 0 aromatic carbocycles. The van der Waals surface area contributed by atoms with Gasteiger partial charge in [-0.2, -0.15) is 5.10 Å². The number of alkyl halides is 1. The Labute approximate surface area is 96.0 Å². The summed E-state index contributed by atoms with van der Waals surface area (Å²) in [4.78, 5) is 12.7. The molecule has 0 N–H and O–H groups in total. The number of carbonyl (C=O) groups is 1. The summed E-state index contributed by atoms with van der Waals surface area (Å²) >= 11 is 8.71. The Bertz CT molecular complexity index is 315. The van der Waals surface area contributed by atoms with Gasteiger partial charge in [0, 0.05) is 19.8 Å². The Kier molecular flexibility index (Phi) is 4.41. The van der Waals surface area contributed by atoms with Crippen molar-refractivity contribution in [2.75, 3.05) is 19.5 Å². The number of rotatable bonds is 4. The van der Waals surface area contributed by atoms with Crippen molar-refractivity contribution in [3.63, 3.8) is 0 Å². The van der Waals surface area contributed by atoms with Gasteiger partial charge in [-0.05, 0) is 15.9 Å². The van der Waals surface area contributed by atoms with Gasteiger partial charge in [0.05, 0.1) is 17.2 Å². The molecule has 6 heteroatoms. The van der Waals surface area contributed by atoms with Gasteiger partial charge in [0.25, 0.3) is 0 Å². The van der Waals surface area contributed by atoms with E-state index < -0.39 is 0 Å². The monoisotopic (exact) mass is 279 g/mol. The number of halogens is 2. The first-order valence-electron chi connectivity index (χ1n) is 4.11. The highest BCUT2D eigenvalue weighted by molar-refractivity contribution is 9.10. The lowest BCUT2D eigenvalue weighted by atomic mass is 10.5. The van der Waals surface area contributed by atoms with Gasteiger partial charge in [0.2, 0.25) is 5.91 Å². The predicted octanol–water partition coefficient (Wildman–Crippen LogP) is 1.34.